The molecule has 0 fully saturated rings. The number of rotatable bonds is 2. The summed E-state index contributed by atoms with van der Waals surface area (Å²) in [6.07, 6.45) is 7.28. The number of nitrogens with zero attached hydrogens (tertiary/aromatic N) is 8. The highest BCUT2D eigenvalue weighted by atomic mass is 32.1. The number of nitro groups is 1. The molecule has 0 saturated heterocycles. The van der Waals surface area contributed by atoms with Crippen LogP contribution in [0.4, 0.5) is 5.88 Å². The highest BCUT2D eigenvalue weighted by Crippen LogP contribution is 2.21. The molecule has 0 aliphatic heterocycles. The van der Waals surface area contributed by atoms with Gasteiger partial charge in [0.05, 0.1) is 17.5 Å². The number of benzene rings is 1. The largest absolute Gasteiger partial charge is 0.446 e. The van der Waals surface area contributed by atoms with Gasteiger partial charge in [0, 0.05) is 74.3 Å². The van der Waals surface area contributed by atoms with Crippen molar-refractivity contribution >= 4 is 28.6 Å². The first-order valence-corrected chi connectivity index (χ1v) is 29.2. The number of imidazole rings is 2. The first kappa shape index (κ1) is 73.3. The molecule has 0 unspecified atom stereocenters. The van der Waals surface area contributed by atoms with E-state index in [1.165, 1.54) is 59.3 Å². The molecule has 0 saturated carbocycles. The maximum Gasteiger partial charge on any atom is 0.436 e. The SMILES string of the molecule is Cc1cc(C)c(C)nc1C.Cc1cc(C)c([N+](=O)[O-])o1.Cc1ccc(C)cc1.Cc1ccc(C)nc1.Cc1ccc(C)s1.Cc1cnc(C)[nH]1.Cc1cnc(C)o1.Cc1csc(C)c1.Cc1nc(C)c(C)[nH]1.Cc1ncc(C)c(C(C)C)n1. The summed E-state index contributed by atoms with van der Waals surface area (Å²) in [5.74, 6) is 5.37. The van der Waals surface area contributed by atoms with E-state index < -0.39 is 4.92 Å². The van der Waals surface area contributed by atoms with Crippen molar-refractivity contribution in [2.45, 2.75) is 179 Å². The zero-order valence-electron chi connectivity index (χ0n) is 54.3. The fourth-order valence-electron chi connectivity index (χ4n) is 6.95. The summed E-state index contributed by atoms with van der Waals surface area (Å²) in [5.41, 5.74) is 17.5. The van der Waals surface area contributed by atoms with Crippen molar-refractivity contribution in [3.63, 3.8) is 0 Å². The van der Waals surface area contributed by atoms with Gasteiger partial charge in [0.2, 0.25) is 0 Å². The molecule has 0 atom stereocenters. The average Bonchev–Trinajstić information content (AvgIpc) is 4.33. The van der Waals surface area contributed by atoms with E-state index in [1.807, 2.05) is 119 Å². The summed E-state index contributed by atoms with van der Waals surface area (Å²) in [5, 5.41) is 12.3. The van der Waals surface area contributed by atoms with Gasteiger partial charge in [-0.2, -0.15) is 0 Å². The Hall–Kier alpha value is -7.69. The van der Waals surface area contributed by atoms with Crippen LogP contribution in [0.25, 0.3) is 0 Å². The summed E-state index contributed by atoms with van der Waals surface area (Å²) in [7, 11) is 0. The van der Waals surface area contributed by atoms with E-state index in [4.69, 9.17) is 8.83 Å². The minimum absolute atomic E-state index is 0.155. The second-order valence-electron chi connectivity index (χ2n) is 20.7. The molecule has 10 aromatic rings. The average molecular weight is 1170 g/mol. The Balaban J connectivity index is 0.000000463. The van der Waals surface area contributed by atoms with Crippen LogP contribution in [0.2, 0.25) is 0 Å². The van der Waals surface area contributed by atoms with E-state index in [2.05, 4.69) is 181 Å². The van der Waals surface area contributed by atoms with Gasteiger partial charge in [-0.05, 0) is 222 Å². The topological polar surface area (TPSA) is 191 Å². The molecule has 0 bridgehead atoms. The Morgan fingerprint density at radius 2 is 1.05 bits per heavy atom. The van der Waals surface area contributed by atoms with Gasteiger partial charge in [-0.15, -0.1) is 22.7 Å². The molecule has 448 valence electrons. The molecule has 83 heavy (non-hydrogen) atoms. The molecule has 9 heterocycles. The van der Waals surface area contributed by atoms with Crippen molar-refractivity contribution < 1.29 is 13.8 Å². The summed E-state index contributed by atoms with van der Waals surface area (Å²) >= 11 is 3.65. The van der Waals surface area contributed by atoms with Crippen LogP contribution in [0, 0.1) is 169 Å². The Bertz CT molecular complexity index is 3040. The third-order valence-corrected chi connectivity index (χ3v) is 13.5. The van der Waals surface area contributed by atoms with Crippen molar-refractivity contribution in [1.82, 2.24) is 44.9 Å². The third kappa shape index (κ3) is 32.5. The van der Waals surface area contributed by atoms with Gasteiger partial charge in [-0.3, -0.25) is 20.1 Å². The van der Waals surface area contributed by atoms with Crippen molar-refractivity contribution in [2.75, 3.05) is 0 Å². The number of aromatic nitrogens is 9. The zero-order valence-corrected chi connectivity index (χ0v) is 56.0. The number of furan rings is 1. The normalized spacial score (nSPS) is 9.71. The molecule has 10 rings (SSSR count). The van der Waals surface area contributed by atoms with E-state index in [-0.39, 0.29) is 5.88 Å². The van der Waals surface area contributed by atoms with Crippen molar-refractivity contribution in [2.24, 2.45) is 0 Å². The van der Waals surface area contributed by atoms with Crippen LogP contribution < -0.4 is 0 Å². The Morgan fingerprint density at radius 1 is 0.482 bits per heavy atom. The van der Waals surface area contributed by atoms with E-state index in [9.17, 15) is 10.1 Å². The first-order chi connectivity index (χ1) is 38.8. The number of pyridine rings is 2. The van der Waals surface area contributed by atoms with Crippen LogP contribution in [0.15, 0.2) is 106 Å². The number of hydrogen-bond acceptors (Lipinski definition) is 13. The maximum atomic E-state index is 10.1. The summed E-state index contributed by atoms with van der Waals surface area (Å²) in [6, 6.07) is 22.8. The first-order valence-electron chi connectivity index (χ1n) is 27.5. The van der Waals surface area contributed by atoms with Gasteiger partial charge in [0.1, 0.15) is 33.9 Å². The minimum atomic E-state index is -0.525. The van der Waals surface area contributed by atoms with E-state index in [0.29, 0.717) is 17.2 Å². The molecule has 0 aliphatic rings. The lowest BCUT2D eigenvalue weighted by Crippen LogP contribution is -2.00. The molecule has 0 radical (unpaired) electrons. The summed E-state index contributed by atoms with van der Waals surface area (Å²) in [4.78, 5) is 48.8. The number of nitrogens with one attached hydrogen (secondary N) is 2. The fraction of sp³-hybridized carbons (Fsp3) is 0.388. The quantitative estimate of drug-likeness (QED) is 0.124. The van der Waals surface area contributed by atoms with E-state index >= 15 is 0 Å². The van der Waals surface area contributed by atoms with Crippen LogP contribution in [0.1, 0.15) is 154 Å². The lowest BCUT2D eigenvalue weighted by Gasteiger charge is -2.07. The molecule has 0 spiro atoms. The van der Waals surface area contributed by atoms with E-state index in [1.54, 1.807) is 37.4 Å². The molecule has 2 N–H and O–H groups in total. The van der Waals surface area contributed by atoms with Crippen molar-refractivity contribution in [3.8, 4) is 0 Å². The molecule has 14 nitrogen and oxygen atoms in total. The van der Waals surface area contributed by atoms with E-state index in [0.717, 1.165) is 63.3 Å². The number of aromatic amines is 2. The highest BCUT2D eigenvalue weighted by Gasteiger charge is 2.15. The van der Waals surface area contributed by atoms with Crippen LogP contribution in [-0.2, 0) is 0 Å². The molecule has 9 aromatic heterocycles. The summed E-state index contributed by atoms with van der Waals surface area (Å²) in [6.45, 7) is 50.2. The van der Waals surface area contributed by atoms with Gasteiger partial charge < -0.3 is 18.8 Å². The number of aryl methyl sites for hydroxylation is 23. The Kier molecular flexibility index (Phi) is 33.7. The molecule has 0 amide bonds. The second kappa shape index (κ2) is 38.2. The van der Waals surface area contributed by atoms with Gasteiger partial charge in [-0.25, -0.2) is 24.9 Å². The monoisotopic (exact) mass is 1170 g/mol. The lowest BCUT2D eigenvalue weighted by molar-refractivity contribution is -0.402. The second-order valence-corrected chi connectivity index (χ2v) is 23.3. The van der Waals surface area contributed by atoms with Gasteiger partial charge >= 0.3 is 5.88 Å². The van der Waals surface area contributed by atoms with Crippen molar-refractivity contribution in [1.29, 1.82) is 0 Å². The fourth-order valence-corrected chi connectivity index (χ4v) is 8.42. The van der Waals surface area contributed by atoms with Crippen LogP contribution in [0.5, 0.6) is 0 Å². The van der Waals surface area contributed by atoms with Crippen LogP contribution in [0.3, 0.4) is 0 Å². The molecule has 16 heteroatoms. The van der Waals surface area contributed by atoms with Gasteiger partial charge in [0.15, 0.2) is 5.89 Å². The Labute approximate surface area is 504 Å². The third-order valence-electron chi connectivity index (χ3n) is 11.6. The maximum absolute atomic E-state index is 10.1. The highest BCUT2D eigenvalue weighted by molar-refractivity contribution is 7.11. The number of hydrogen-bond donors (Lipinski definition) is 2. The minimum Gasteiger partial charge on any atom is -0.446 e. The number of thiophene rings is 2. The predicted molar refractivity (Wildman–Crippen MR) is 348 cm³/mol. The lowest BCUT2D eigenvalue weighted by atomic mass is 10.1. The van der Waals surface area contributed by atoms with Crippen LogP contribution >= 0.6 is 22.7 Å². The standard InChI is InChI=1S/C9H14N2.C9H13N.C8H10.C7H9N.C6H10N2.C6H7NO3.2C6H8S.C5H8N2.C5H7NO/c1-6(2)9-7(3)5-10-8(4)11-9;1-6-5-7(2)9(4)10-8(6)3;1-7-3-5-8(2)6-4-7;1-6-3-4-7(2)8-5-6;1-4-5(2)8-6(3)7-4;1-4-3-5(2)10-6(4)7(8)9;1-5-3-6(2)7-4-5;1-5-3-4-6(2)7-5;2*1-4-3-6-5(2)7-4/h5-6H,1-4H3;5H,1-4H3;3-6H,1-2H3;3-5H,1-2H3;1-3H3,(H,7,8);3H,1-2H3;2*3-4H,1-2H3;3H,1-2H3,(H,6,7);3H,1-2H3. The van der Waals surface area contributed by atoms with Crippen molar-refractivity contribution in [3.05, 3.63) is 241 Å². The van der Waals surface area contributed by atoms with Crippen LogP contribution in [-0.4, -0.2) is 49.8 Å². The van der Waals surface area contributed by atoms with Gasteiger partial charge in [0.25, 0.3) is 0 Å². The molecule has 0 aliphatic carbocycles. The summed E-state index contributed by atoms with van der Waals surface area (Å²) < 4.78 is 9.75. The zero-order chi connectivity index (χ0) is 63.1. The molecule has 1 aromatic carbocycles. The number of oxazole rings is 1. The Morgan fingerprint density at radius 3 is 1.29 bits per heavy atom. The smallest absolute Gasteiger partial charge is 0.436 e. The molecular weight excluding hydrogens is 1070 g/mol. The number of H-pyrrole nitrogens is 2. The predicted octanol–water partition coefficient (Wildman–Crippen LogP) is 18.7. The van der Waals surface area contributed by atoms with Gasteiger partial charge in [-0.1, -0.05) is 61.4 Å². The molecular formula is C67H94N10O4S2.